The Morgan fingerprint density at radius 2 is 1.79 bits per heavy atom. The summed E-state index contributed by atoms with van der Waals surface area (Å²) in [5.74, 6) is 1.03. The van der Waals surface area contributed by atoms with Crippen molar-refractivity contribution in [2.24, 2.45) is 5.92 Å². The molecule has 2 atom stereocenters. The maximum atomic E-state index is 12.7. The lowest BCUT2D eigenvalue weighted by Crippen LogP contribution is -2.51. The monoisotopic (exact) mass is 396 g/mol. The zero-order valence-electron chi connectivity index (χ0n) is 16.5. The molecule has 0 radical (unpaired) electrons. The van der Waals surface area contributed by atoms with Gasteiger partial charge < -0.3 is 9.30 Å². The number of rotatable bonds is 3. The van der Waals surface area contributed by atoms with Crippen LogP contribution in [0.1, 0.15) is 30.9 Å². The Hall–Kier alpha value is -1.56. The summed E-state index contributed by atoms with van der Waals surface area (Å²) < 4.78 is 7.66. The maximum Gasteiger partial charge on any atom is 0.250 e. The van der Waals surface area contributed by atoms with Crippen LogP contribution in [0.15, 0.2) is 46.1 Å². The summed E-state index contributed by atoms with van der Waals surface area (Å²) >= 11 is 1.76. The smallest absolute Gasteiger partial charge is 0.250 e. The van der Waals surface area contributed by atoms with E-state index >= 15 is 0 Å². The number of aromatic nitrogens is 1. The SMILES string of the molecule is CSc1ccc(-c2ccc(=O)n3c2C2CC(CN(C4CCOCC4)C2)C3)cc1. The zero-order chi connectivity index (χ0) is 19.1. The lowest BCUT2D eigenvalue weighted by Gasteiger charge is -2.47. The summed E-state index contributed by atoms with van der Waals surface area (Å²) in [7, 11) is 0. The van der Waals surface area contributed by atoms with E-state index in [0.29, 0.717) is 17.9 Å². The molecule has 2 aromatic rings. The number of hydrogen-bond donors (Lipinski definition) is 0. The number of thioether (sulfide) groups is 1. The summed E-state index contributed by atoms with van der Waals surface area (Å²) in [6.07, 6.45) is 5.60. The molecule has 5 rings (SSSR count). The molecule has 1 aromatic carbocycles. The molecule has 4 nitrogen and oxygen atoms in total. The van der Waals surface area contributed by atoms with Crippen molar-refractivity contribution in [2.45, 2.75) is 42.7 Å². The normalized spacial score (nSPS) is 25.5. The molecule has 3 aliphatic rings. The number of likely N-dealkylation sites (tertiary alicyclic amines) is 1. The largest absolute Gasteiger partial charge is 0.381 e. The van der Waals surface area contributed by atoms with Gasteiger partial charge in [0.15, 0.2) is 0 Å². The molecule has 2 unspecified atom stereocenters. The Balaban J connectivity index is 1.52. The van der Waals surface area contributed by atoms with Crippen molar-refractivity contribution < 1.29 is 4.74 Å². The molecule has 0 spiro atoms. The molecular formula is C23H28N2O2S. The second kappa shape index (κ2) is 7.69. The van der Waals surface area contributed by atoms with Crippen molar-refractivity contribution in [3.63, 3.8) is 0 Å². The average Bonchev–Trinajstić information content (AvgIpc) is 2.75. The third-order valence-corrected chi connectivity index (χ3v) is 7.47. The van der Waals surface area contributed by atoms with Crippen LogP contribution in [0.5, 0.6) is 0 Å². The Labute approximate surface area is 170 Å². The van der Waals surface area contributed by atoms with Gasteiger partial charge in [-0.1, -0.05) is 12.1 Å². The number of nitrogens with zero attached hydrogens (tertiary/aromatic N) is 2. The van der Waals surface area contributed by atoms with Gasteiger partial charge in [0.25, 0.3) is 5.56 Å². The molecule has 1 aromatic heterocycles. The molecule has 0 aliphatic carbocycles. The zero-order valence-corrected chi connectivity index (χ0v) is 17.3. The highest BCUT2D eigenvalue weighted by atomic mass is 32.2. The molecule has 3 aliphatic heterocycles. The van der Waals surface area contributed by atoms with Crippen molar-refractivity contribution in [1.29, 1.82) is 0 Å². The van der Waals surface area contributed by atoms with E-state index in [9.17, 15) is 4.79 Å². The molecule has 0 amide bonds. The summed E-state index contributed by atoms with van der Waals surface area (Å²) in [6.45, 7) is 4.83. The first kappa shape index (κ1) is 18.5. The average molecular weight is 397 g/mol. The summed E-state index contributed by atoms with van der Waals surface area (Å²) in [6, 6.07) is 13.2. The van der Waals surface area contributed by atoms with E-state index in [1.807, 2.05) is 0 Å². The van der Waals surface area contributed by atoms with E-state index in [0.717, 1.165) is 45.7 Å². The molecule has 0 N–H and O–H groups in total. The van der Waals surface area contributed by atoms with Crippen molar-refractivity contribution in [3.05, 3.63) is 52.4 Å². The highest BCUT2D eigenvalue weighted by molar-refractivity contribution is 7.98. The van der Waals surface area contributed by atoms with Crippen LogP contribution in [0.25, 0.3) is 11.1 Å². The number of fused-ring (bicyclic) bond motifs is 4. The summed E-state index contributed by atoms with van der Waals surface area (Å²) in [5, 5.41) is 0. The molecule has 2 fully saturated rings. The van der Waals surface area contributed by atoms with Gasteiger partial charge in [-0.25, -0.2) is 0 Å². The predicted molar refractivity (Wildman–Crippen MR) is 114 cm³/mol. The van der Waals surface area contributed by atoms with E-state index in [4.69, 9.17) is 4.74 Å². The van der Waals surface area contributed by atoms with Gasteiger partial charge in [0.1, 0.15) is 0 Å². The van der Waals surface area contributed by atoms with Gasteiger partial charge in [0.2, 0.25) is 0 Å². The minimum atomic E-state index is 0.161. The van der Waals surface area contributed by atoms with Gasteiger partial charge in [0.05, 0.1) is 0 Å². The Morgan fingerprint density at radius 3 is 2.54 bits per heavy atom. The highest BCUT2D eigenvalue weighted by Crippen LogP contribution is 2.41. The minimum absolute atomic E-state index is 0.161. The van der Waals surface area contributed by atoms with Gasteiger partial charge in [-0.2, -0.15) is 0 Å². The van der Waals surface area contributed by atoms with Crippen molar-refractivity contribution in [3.8, 4) is 11.1 Å². The van der Waals surface area contributed by atoms with E-state index in [1.165, 1.54) is 28.1 Å². The van der Waals surface area contributed by atoms with Gasteiger partial charge in [-0.05, 0) is 55.2 Å². The second-order valence-electron chi connectivity index (χ2n) is 8.41. The minimum Gasteiger partial charge on any atom is -0.381 e. The van der Waals surface area contributed by atoms with Crippen LogP contribution in [0.4, 0.5) is 0 Å². The molecule has 28 heavy (non-hydrogen) atoms. The third kappa shape index (κ3) is 3.34. The van der Waals surface area contributed by atoms with E-state index in [1.54, 1.807) is 17.8 Å². The highest BCUT2D eigenvalue weighted by Gasteiger charge is 2.38. The van der Waals surface area contributed by atoms with Crippen LogP contribution < -0.4 is 5.56 Å². The number of pyridine rings is 1. The fraction of sp³-hybridized carbons (Fsp3) is 0.522. The number of hydrogen-bond acceptors (Lipinski definition) is 4. The second-order valence-corrected chi connectivity index (χ2v) is 9.29. The first-order valence-electron chi connectivity index (χ1n) is 10.4. The van der Waals surface area contributed by atoms with Crippen LogP contribution in [0.2, 0.25) is 0 Å². The van der Waals surface area contributed by atoms with Crippen molar-refractivity contribution in [1.82, 2.24) is 9.47 Å². The Kier molecular flexibility index (Phi) is 5.07. The van der Waals surface area contributed by atoms with Gasteiger partial charge in [-0.3, -0.25) is 9.69 Å². The topological polar surface area (TPSA) is 34.5 Å². The molecule has 148 valence electrons. The fourth-order valence-corrected chi connectivity index (χ4v) is 5.82. The van der Waals surface area contributed by atoms with Crippen LogP contribution in [-0.4, -0.2) is 48.1 Å². The standard InChI is InChI=1S/C23H28N2O2S/c1-28-20-4-2-17(3-5-20)21-6-7-22(26)25-14-16-12-18(23(21)25)15-24(13-16)19-8-10-27-11-9-19/h2-7,16,18-19H,8-15H2,1H3. The van der Waals surface area contributed by atoms with E-state index in [2.05, 4.69) is 46.1 Å². The van der Waals surface area contributed by atoms with Crippen LogP contribution in [0, 0.1) is 5.92 Å². The van der Waals surface area contributed by atoms with Gasteiger partial charge in [0, 0.05) is 67.0 Å². The van der Waals surface area contributed by atoms with E-state index < -0.39 is 0 Å². The number of piperidine rings is 1. The molecular weight excluding hydrogens is 368 g/mol. The van der Waals surface area contributed by atoms with Crippen LogP contribution in [0.3, 0.4) is 0 Å². The van der Waals surface area contributed by atoms with Crippen LogP contribution >= 0.6 is 11.8 Å². The van der Waals surface area contributed by atoms with Crippen LogP contribution in [-0.2, 0) is 11.3 Å². The summed E-state index contributed by atoms with van der Waals surface area (Å²) in [5.41, 5.74) is 3.89. The summed E-state index contributed by atoms with van der Waals surface area (Å²) in [4.78, 5) is 16.7. The predicted octanol–water partition coefficient (Wildman–Crippen LogP) is 3.84. The Bertz CT molecular complexity index is 902. The molecule has 2 saturated heterocycles. The lowest BCUT2D eigenvalue weighted by atomic mass is 9.79. The quantitative estimate of drug-likeness (QED) is 0.739. The molecule has 0 saturated carbocycles. The Morgan fingerprint density at radius 1 is 1.00 bits per heavy atom. The first-order chi connectivity index (χ1) is 13.7. The van der Waals surface area contributed by atoms with Gasteiger partial charge in [-0.15, -0.1) is 11.8 Å². The fourth-order valence-electron chi connectivity index (χ4n) is 5.42. The van der Waals surface area contributed by atoms with Gasteiger partial charge >= 0.3 is 0 Å². The third-order valence-electron chi connectivity index (χ3n) is 6.73. The first-order valence-corrected chi connectivity index (χ1v) is 11.7. The maximum absolute atomic E-state index is 12.7. The number of ether oxygens (including phenoxy) is 1. The lowest BCUT2D eigenvalue weighted by molar-refractivity contribution is 0.00597. The number of benzene rings is 1. The molecule has 4 heterocycles. The molecule has 2 bridgehead atoms. The van der Waals surface area contributed by atoms with E-state index in [-0.39, 0.29) is 5.56 Å². The molecule has 5 heteroatoms. The van der Waals surface area contributed by atoms with Crippen molar-refractivity contribution in [2.75, 3.05) is 32.6 Å². The van der Waals surface area contributed by atoms with Crippen molar-refractivity contribution >= 4 is 11.8 Å².